The van der Waals surface area contributed by atoms with Crippen molar-refractivity contribution in [2.24, 2.45) is 0 Å². The molecule has 4 aromatic rings. The lowest BCUT2D eigenvalue weighted by Gasteiger charge is -2.12. The number of rotatable bonds is 8. The molecule has 1 aromatic heterocycles. The Morgan fingerprint density at radius 2 is 1.23 bits per heavy atom. The molecule has 2 N–H and O–H groups in total. The van der Waals surface area contributed by atoms with E-state index in [-0.39, 0.29) is 17.3 Å². The van der Waals surface area contributed by atoms with Crippen LogP contribution >= 0.6 is 0 Å². The summed E-state index contributed by atoms with van der Waals surface area (Å²) in [6.07, 6.45) is -3.71. The first-order valence-electron chi connectivity index (χ1n) is 9.99. The number of ether oxygens (including phenoxy) is 2. The Morgan fingerprint density at radius 3 is 1.71 bits per heavy atom. The van der Waals surface area contributed by atoms with Gasteiger partial charge in [0.1, 0.15) is 23.6 Å². The summed E-state index contributed by atoms with van der Waals surface area (Å²) in [4.78, 5) is 19.0. The topological polar surface area (TPSA) is 111 Å². The van der Waals surface area contributed by atoms with Crippen molar-refractivity contribution in [1.29, 1.82) is 0 Å². The van der Waals surface area contributed by atoms with Crippen molar-refractivity contribution in [2.75, 3.05) is 10.6 Å². The number of alkyl halides is 3. The molecule has 0 aliphatic heterocycles. The number of anilines is 4. The van der Waals surface area contributed by atoms with Crippen molar-refractivity contribution in [3.8, 4) is 17.2 Å². The SMILES string of the molecule is O=[N+]([O-])c1c(Nc2ccc(Oc3ccccc3)cc2)ncnc1Nc1ccc(OC(F)(F)F)cc1. The number of nitro groups is 1. The predicted octanol–water partition coefficient (Wildman–Crippen LogP) is 6.56. The van der Waals surface area contributed by atoms with Crippen LogP contribution in [0.2, 0.25) is 0 Å². The van der Waals surface area contributed by atoms with E-state index in [2.05, 4.69) is 25.3 Å². The highest BCUT2D eigenvalue weighted by Crippen LogP contribution is 2.34. The summed E-state index contributed by atoms with van der Waals surface area (Å²) in [5.41, 5.74) is 0.314. The number of nitrogens with zero attached hydrogens (tertiary/aromatic N) is 3. The average molecular weight is 483 g/mol. The highest BCUT2D eigenvalue weighted by Gasteiger charge is 2.31. The summed E-state index contributed by atoms with van der Waals surface area (Å²) < 4.78 is 46.5. The number of para-hydroxylation sites is 1. The third kappa shape index (κ3) is 6.35. The van der Waals surface area contributed by atoms with Gasteiger partial charge in [0.2, 0.25) is 11.6 Å². The van der Waals surface area contributed by atoms with E-state index in [1.807, 2.05) is 30.3 Å². The fraction of sp³-hybridized carbons (Fsp3) is 0.0435. The number of hydrogen-bond donors (Lipinski definition) is 2. The Morgan fingerprint density at radius 1 is 0.743 bits per heavy atom. The van der Waals surface area contributed by atoms with Crippen molar-refractivity contribution >= 4 is 28.7 Å². The van der Waals surface area contributed by atoms with Crippen LogP contribution in [0.4, 0.5) is 41.9 Å². The molecule has 3 aromatic carbocycles. The molecule has 0 fully saturated rings. The van der Waals surface area contributed by atoms with Crippen LogP contribution in [0.15, 0.2) is 85.2 Å². The van der Waals surface area contributed by atoms with Crippen LogP contribution in [0.1, 0.15) is 0 Å². The maximum atomic E-state index is 12.3. The Hall–Kier alpha value is -4.87. The van der Waals surface area contributed by atoms with Crippen LogP contribution < -0.4 is 20.1 Å². The molecule has 0 aliphatic carbocycles. The molecule has 0 unspecified atom stereocenters. The number of halogens is 3. The molecular formula is C23H16F3N5O4. The van der Waals surface area contributed by atoms with E-state index >= 15 is 0 Å². The van der Waals surface area contributed by atoms with E-state index < -0.39 is 22.7 Å². The van der Waals surface area contributed by atoms with E-state index in [0.29, 0.717) is 17.2 Å². The minimum Gasteiger partial charge on any atom is -0.457 e. The highest BCUT2D eigenvalue weighted by molar-refractivity contribution is 5.76. The third-order valence-electron chi connectivity index (χ3n) is 4.45. The van der Waals surface area contributed by atoms with Gasteiger partial charge in [-0.1, -0.05) is 18.2 Å². The molecule has 1 heterocycles. The minimum atomic E-state index is -4.83. The molecule has 0 saturated carbocycles. The van der Waals surface area contributed by atoms with E-state index in [0.717, 1.165) is 18.5 Å². The molecule has 35 heavy (non-hydrogen) atoms. The number of aromatic nitrogens is 2. The monoisotopic (exact) mass is 483 g/mol. The molecule has 0 bridgehead atoms. The van der Waals surface area contributed by atoms with Crippen LogP contribution in [0.25, 0.3) is 0 Å². The van der Waals surface area contributed by atoms with Gasteiger partial charge in [0.25, 0.3) is 0 Å². The summed E-state index contributed by atoms with van der Waals surface area (Å²) in [5, 5.41) is 17.4. The molecule has 178 valence electrons. The van der Waals surface area contributed by atoms with Gasteiger partial charge in [0, 0.05) is 11.4 Å². The van der Waals surface area contributed by atoms with Crippen LogP contribution in [-0.2, 0) is 0 Å². The van der Waals surface area contributed by atoms with Crippen molar-refractivity contribution < 1.29 is 27.6 Å². The molecule has 0 amide bonds. The Kier molecular flexibility index (Phi) is 6.62. The van der Waals surface area contributed by atoms with Gasteiger partial charge in [-0.15, -0.1) is 13.2 Å². The first-order valence-corrected chi connectivity index (χ1v) is 9.99. The fourth-order valence-corrected chi connectivity index (χ4v) is 2.98. The van der Waals surface area contributed by atoms with Crippen LogP contribution in [0, 0.1) is 10.1 Å². The van der Waals surface area contributed by atoms with Crippen LogP contribution in [0.3, 0.4) is 0 Å². The lowest BCUT2D eigenvalue weighted by molar-refractivity contribution is -0.383. The van der Waals surface area contributed by atoms with Crippen LogP contribution in [0.5, 0.6) is 17.2 Å². The van der Waals surface area contributed by atoms with Gasteiger partial charge in [0.15, 0.2) is 0 Å². The smallest absolute Gasteiger partial charge is 0.457 e. The second-order valence-electron chi connectivity index (χ2n) is 6.94. The summed E-state index contributed by atoms with van der Waals surface area (Å²) >= 11 is 0. The van der Waals surface area contributed by atoms with Gasteiger partial charge in [-0.2, -0.15) is 0 Å². The van der Waals surface area contributed by atoms with Crippen LogP contribution in [-0.4, -0.2) is 21.3 Å². The lowest BCUT2D eigenvalue weighted by Crippen LogP contribution is -2.17. The molecular weight excluding hydrogens is 467 g/mol. The van der Waals surface area contributed by atoms with Crippen molar-refractivity contribution in [1.82, 2.24) is 9.97 Å². The Labute approximate surface area is 196 Å². The molecule has 0 aliphatic rings. The van der Waals surface area contributed by atoms with E-state index in [1.54, 1.807) is 24.3 Å². The molecule has 0 saturated heterocycles. The second kappa shape index (κ2) is 9.95. The zero-order chi connectivity index (χ0) is 24.8. The van der Waals surface area contributed by atoms with Gasteiger partial charge in [-0.3, -0.25) is 10.1 Å². The lowest BCUT2D eigenvalue weighted by atomic mass is 10.2. The quantitative estimate of drug-likeness (QED) is 0.214. The summed E-state index contributed by atoms with van der Waals surface area (Å²) in [7, 11) is 0. The van der Waals surface area contributed by atoms with Gasteiger partial charge < -0.3 is 20.1 Å². The third-order valence-corrected chi connectivity index (χ3v) is 4.45. The van der Waals surface area contributed by atoms with Gasteiger partial charge >= 0.3 is 12.0 Å². The first-order chi connectivity index (χ1) is 16.8. The Balaban J connectivity index is 1.51. The summed E-state index contributed by atoms with van der Waals surface area (Å²) in [6.45, 7) is 0. The predicted molar refractivity (Wildman–Crippen MR) is 121 cm³/mol. The molecule has 4 rings (SSSR count). The van der Waals surface area contributed by atoms with Crippen molar-refractivity contribution in [3.63, 3.8) is 0 Å². The number of hydrogen-bond acceptors (Lipinski definition) is 8. The Bertz CT molecular complexity index is 1300. The molecule has 12 heteroatoms. The molecule has 9 nitrogen and oxygen atoms in total. The first kappa shape index (κ1) is 23.3. The molecule has 0 radical (unpaired) electrons. The standard InChI is InChI=1S/C23H16F3N5O4/c24-23(25,26)35-19-12-8-16(9-13-19)30-22-20(31(32)33)21(27-14-28-22)29-15-6-10-18(11-7-15)34-17-4-2-1-3-5-17/h1-14H,(H2,27,28,29,30). The minimum absolute atomic E-state index is 0.0822. The maximum absolute atomic E-state index is 12.3. The van der Waals surface area contributed by atoms with Crippen molar-refractivity contribution in [2.45, 2.75) is 6.36 Å². The van der Waals surface area contributed by atoms with Gasteiger partial charge in [-0.25, -0.2) is 9.97 Å². The maximum Gasteiger partial charge on any atom is 0.573 e. The van der Waals surface area contributed by atoms with Crippen molar-refractivity contribution in [3.05, 3.63) is 95.3 Å². The fourth-order valence-electron chi connectivity index (χ4n) is 2.98. The second-order valence-corrected chi connectivity index (χ2v) is 6.94. The van der Waals surface area contributed by atoms with E-state index in [1.165, 1.54) is 12.1 Å². The number of nitrogens with one attached hydrogen (secondary N) is 2. The normalized spacial score (nSPS) is 10.9. The van der Waals surface area contributed by atoms with Gasteiger partial charge in [-0.05, 0) is 60.7 Å². The molecule has 0 spiro atoms. The summed E-state index contributed by atoms with van der Waals surface area (Å²) in [6, 6.07) is 20.6. The number of benzene rings is 3. The summed E-state index contributed by atoms with van der Waals surface area (Å²) in [5.74, 6) is 0.567. The van der Waals surface area contributed by atoms with E-state index in [9.17, 15) is 23.3 Å². The van der Waals surface area contributed by atoms with E-state index in [4.69, 9.17) is 4.74 Å². The largest absolute Gasteiger partial charge is 0.573 e. The molecule has 0 atom stereocenters. The average Bonchev–Trinajstić information content (AvgIpc) is 2.81. The zero-order valence-electron chi connectivity index (χ0n) is 17.7. The zero-order valence-corrected chi connectivity index (χ0v) is 17.7. The van der Waals surface area contributed by atoms with Gasteiger partial charge in [0.05, 0.1) is 4.92 Å². The highest BCUT2D eigenvalue weighted by atomic mass is 19.4.